The minimum absolute atomic E-state index is 0.0000926. The number of hydrogen-bond acceptors (Lipinski definition) is 4. The molecule has 1 aliphatic rings. The Kier molecular flexibility index (Phi) is 5.69. The highest BCUT2D eigenvalue weighted by molar-refractivity contribution is 5.35. The van der Waals surface area contributed by atoms with E-state index in [0.717, 1.165) is 38.5 Å². The quantitative estimate of drug-likeness (QED) is 0.529. The van der Waals surface area contributed by atoms with E-state index in [4.69, 9.17) is 0 Å². The van der Waals surface area contributed by atoms with Crippen LogP contribution in [-0.4, -0.2) is 24.2 Å². The Morgan fingerprint density at radius 1 is 1.25 bits per heavy atom. The molecule has 1 saturated carbocycles. The third kappa shape index (κ3) is 3.41. The van der Waals surface area contributed by atoms with Gasteiger partial charge in [-0.1, -0.05) is 26.2 Å². The number of hydrogen-bond donors (Lipinski definition) is 0. The zero-order valence-corrected chi connectivity index (χ0v) is 9.69. The summed E-state index contributed by atoms with van der Waals surface area (Å²) in [5.41, 5.74) is 0. The number of carbonyl (C=O) groups excluding carboxylic acids is 2. The first-order chi connectivity index (χ1) is 7.83. The van der Waals surface area contributed by atoms with Gasteiger partial charge in [-0.15, -0.1) is 0 Å². The SMILES string of the molecule is CCCC(N=C=O)C1CCCCC1N=C=O. The van der Waals surface area contributed by atoms with Crippen LogP contribution in [0, 0.1) is 5.92 Å². The lowest BCUT2D eigenvalue weighted by molar-refractivity contribution is 0.256. The van der Waals surface area contributed by atoms with E-state index in [1.54, 1.807) is 12.2 Å². The highest BCUT2D eigenvalue weighted by Gasteiger charge is 2.31. The number of nitrogens with zero attached hydrogens (tertiary/aromatic N) is 2. The fraction of sp³-hybridized carbons (Fsp3) is 0.833. The Morgan fingerprint density at radius 3 is 2.62 bits per heavy atom. The molecule has 0 heterocycles. The molecule has 88 valence electrons. The number of isocyanates is 2. The lowest BCUT2D eigenvalue weighted by Crippen LogP contribution is -2.32. The molecule has 4 heteroatoms. The maximum absolute atomic E-state index is 10.4. The van der Waals surface area contributed by atoms with Crippen LogP contribution >= 0.6 is 0 Å². The van der Waals surface area contributed by atoms with Gasteiger partial charge in [-0.05, 0) is 19.3 Å². The maximum Gasteiger partial charge on any atom is 0.235 e. The van der Waals surface area contributed by atoms with E-state index in [1.165, 1.54) is 0 Å². The van der Waals surface area contributed by atoms with Gasteiger partial charge in [-0.25, -0.2) is 19.6 Å². The van der Waals surface area contributed by atoms with Crippen LogP contribution in [0.1, 0.15) is 45.4 Å². The molecule has 4 nitrogen and oxygen atoms in total. The van der Waals surface area contributed by atoms with E-state index in [1.807, 2.05) is 0 Å². The maximum atomic E-state index is 10.4. The second-order valence-corrected chi connectivity index (χ2v) is 4.31. The fourth-order valence-corrected chi connectivity index (χ4v) is 2.55. The molecular weight excluding hydrogens is 204 g/mol. The van der Waals surface area contributed by atoms with Crippen molar-refractivity contribution in [1.29, 1.82) is 0 Å². The van der Waals surface area contributed by atoms with Crippen LogP contribution in [0.15, 0.2) is 9.98 Å². The van der Waals surface area contributed by atoms with Gasteiger partial charge >= 0.3 is 0 Å². The topological polar surface area (TPSA) is 58.9 Å². The average molecular weight is 222 g/mol. The third-order valence-electron chi connectivity index (χ3n) is 3.30. The molecule has 0 bridgehead atoms. The Hall–Kier alpha value is -1.24. The lowest BCUT2D eigenvalue weighted by atomic mass is 9.79. The lowest BCUT2D eigenvalue weighted by Gasteiger charge is -2.31. The van der Waals surface area contributed by atoms with E-state index < -0.39 is 0 Å². The molecule has 16 heavy (non-hydrogen) atoms. The van der Waals surface area contributed by atoms with E-state index in [9.17, 15) is 9.59 Å². The molecule has 0 aromatic heterocycles. The zero-order valence-electron chi connectivity index (χ0n) is 9.69. The van der Waals surface area contributed by atoms with Gasteiger partial charge in [0.2, 0.25) is 12.2 Å². The van der Waals surface area contributed by atoms with Crippen LogP contribution in [0.4, 0.5) is 0 Å². The molecule has 1 fully saturated rings. The van der Waals surface area contributed by atoms with Gasteiger partial charge in [-0.3, -0.25) is 0 Å². The van der Waals surface area contributed by atoms with E-state index in [-0.39, 0.29) is 18.0 Å². The third-order valence-corrected chi connectivity index (χ3v) is 3.30. The van der Waals surface area contributed by atoms with Crippen LogP contribution in [0.2, 0.25) is 0 Å². The summed E-state index contributed by atoms with van der Waals surface area (Å²) in [4.78, 5) is 28.5. The molecule has 0 spiro atoms. The summed E-state index contributed by atoms with van der Waals surface area (Å²) in [6, 6.07) is -0.0233. The van der Waals surface area contributed by atoms with Crippen molar-refractivity contribution >= 4 is 12.2 Å². The largest absolute Gasteiger partial charge is 0.235 e. The fourth-order valence-electron chi connectivity index (χ4n) is 2.55. The highest BCUT2D eigenvalue weighted by atomic mass is 16.1. The van der Waals surface area contributed by atoms with Gasteiger partial charge in [0, 0.05) is 5.92 Å². The van der Waals surface area contributed by atoms with Crippen molar-refractivity contribution in [3.8, 4) is 0 Å². The van der Waals surface area contributed by atoms with Crippen LogP contribution in [0.5, 0.6) is 0 Å². The predicted octanol–water partition coefficient (Wildman–Crippen LogP) is 2.39. The molecule has 0 N–H and O–H groups in total. The summed E-state index contributed by atoms with van der Waals surface area (Å²) in [6.07, 6.45) is 9.26. The first-order valence-electron chi connectivity index (χ1n) is 5.97. The van der Waals surface area contributed by atoms with E-state index in [0.29, 0.717) is 0 Å². The van der Waals surface area contributed by atoms with Crippen molar-refractivity contribution in [2.75, 3.05) is 0 Å². The van der Waals surface area contributed by atoms with Crippen LogP contribution < -0.4 is 0 Å². The predicted molar refractivity (Wildman–Crippen MR) is 60.7 cm³/mol. The smallest absolute Gasteiger partial charge is 0.211 e. The summed E-state index contributed by atoms with van der Waals surface area (Å²) >= 11 is 0. The first kappa shape index (κ1) is 12.8. The molecule has 0 aromatic carbocycles. The van der Waals surface area contributed by atoms with Gasteiger partial charge in [0.1, 0.15) is 0 Å². The monoisotopic (exact) mass is 222 g/mol. The Labute approximate surface area is 95.9 Å². The Bertz CT molecular complexity index is 304. The van der Waals surface area contributed by atoms with Crippen LogP contribution in [-0.2, 0) is 9.59 Å². The molecule has 3 atom stereocenters. The van der Waals surface area contributed by atoms with Crippen LogP contribution in [0.25, 0.3) is 0 Å². The number of rotatable bonds is 5. The summed E-state index contributed by atoms with van der Waals surface area (Å²) in [7, 11) is 0. The Morgan fingerprint density at radius 2 is 2.00 bits per heavy atom. The van der Waals surface area contributed by atoms with Crippen molar-refractivity contribution in [2.24, 2.45) is 15.9 Å². The molecule has 0 radical (unpaired) electrons. The highest BCUT2D eigenvalue weighted by Crippen LogP contribution is 2.32. The minimum atomic E-state index is -0.0232. The van der Waals surface area contributed by atoms with E-state index >= 15 is 0 Å². The van der Waals surface area contributed by atoms with Gasteiger partial charge in [-0.2, -0.15) is 0 Å². The molecule has 0 amide bonds. The molecule has 0 aromatic rings. The zero-order chi connectivity index (χ0) is 11.8. The molecule has 0 aliphatic heterocycles. The summed E-state index contributed by atoms with van der Waals surface area (Å²) in [6.45, 7) is 2.06. The van der Waals surface area contributed by atoms with Gasteiger partial charge in [0.05, 0.1) is 12.1 Å². The Balaban J connectivity index is 2.77. The van der Waals surface area contributed by atoms with Crippen molar-refractivity contribution in [1.82, 2.24) is 0 Å². The molecule has 1 rings (SSSR count). The van der Waals surface area contributed by atoms with Gasteiger partial charge in [0.25, 0.3) is 0 Å². The van der Waals surface area contributed by atoms with E-state index in [2.05, 4.69) is 16.9 Å². The van der Waals surface area contributed by atoms with Gasteiger partial charge in [0.15, 0.2) is 0 Å². The standard InChI is InChI=1S/C12H18N2O2/c1-2-5-11(13-8-15)10-6-3-4-7-12(10)14-9-16/h10-12H,2-7H2,1H3. The second kappa shape index (κ2) is 7.10. The van der Waals surface area contributed by atoms with Crippen molar-refractivity contribution < 1.29 is 9.59 Å². The summed E-state index contributed by atoms with van der Waals surface area (Å²) < 4.78 is 0. The minimum Gasteiger partial charge on any atom is -0.211 e. The number of aliphatic imine (C=N–C) groups is 2. The molecular formula is C12H18N2O2. The second-order valence-electron chi connectivity index (χ2n) is 4.31. The average Bonchev–Trinajstić information content (AvgIpc) is 2.30. The molecule has 1 aliphatic carbocycles. The van der Waals surface area contributed by atoms with Crippen LogP contribution in [0.3, 0.4) is 0 Å². The molecule has 0 saturated heterocycles. The molecule has 3 unspecified atom stereocenters. The van der Waals surface area contributed by atoms with Crippen molar-refractivity contribution in [3.05, 3.63) is 0 Å². The van der Waals surface area contributed by atoms with Crippen molar-refractivity contribution in [2.45, 2.75) is 57.5 Å². The summed E-state index contributed by atoms with van der Waals surface area (Å²) in [5, 5.41) is 0. The first-order valence-corrected chi connectivity index (χ1v) is 5.97. The normalized spacial score (nSPS) is 26.3. The van der Waals surface area contributed by atoms with Gasteiger partial charge < -0.3 is 0 Å². The summed E-state index contributed by atoms with van der Waals surface area (Å²) in [5.74, 6) is 0.219. The van der Waals surface area contributed by atoms with Crippen molar-refractivity contribution in [3.63, 3.8) is 0 Å².